The van der Waals surface area contributed by atoms with Crippen LogP contribution in [0, 0.1) is 11.6 Å². The van der Waals surface area contributed by atoms with Crippen molar-refractivity contribution in [2.24, 2.45) is 0 Å². The van der Waals surface area contributed by atoms with Gasteiger partial charge in [-0.2, -0.15) is 0 Å². The number of carbonyl (C=O) groups is 1. The number of methoxy groups -OCH3 is 2. The summed E-state index contributed by atoms with van der Waals surface area (Å²) in [6.07, 6.45) is 6.23. The summed E-state index contributed by atoms with van der Waals surface area (Å²) in [7, 11) is 1.05. The van der Waals surface area contributed by atoms with Gasteiger partial charge in [0.25, 0.3) is 0 Å². The maximum Gasteiger partial charge on any atom is 0.330 e. The molecule has 0 radical (unpaired) electrons. The van der Waals surface area contributed by atoms with Crippen molar-refractivity contribution >= 4 is 28.3 Å². The number of hydrogen-bond donors (Lipinski definition) is 0. The molecule has 1 fully saturated rings. The predicted molar refractivity (Wildman–Crippen MR) is 110 cm³/mol. The molecule has 1 aromatic heterocycles. The first-order valence-electron chi connectivity index (χ1n) is 9.77. The third-order valence-corrected chi connectivity index (χ3v) is 6.29. The van der Waals surface area contributed by atoms with E-state index in [2.05, 4.69) is 9.97 Å². The first-order valence-corrected chi connectivity index (χ1v) is 11.3. The molecule has 8 nitrogen and oxygen atoms in total. The molecule has 1 aromatic carbocycles. The number of carbonyl (C=O) groups excluding carboxylic acids is 1. The number of anilines is 2. The monoisotopic (exact) mass is 452 g/mol. The van der Waals surface area contributed by atoms with Crippen molar-refractivity contribution in [1.29, 1.82) is 0 Å². The van der Waals surface area contributed by atoms with Crippen molar-refractivity contribution in [3.63, 3.8) is 0 Å². The molecule has 166 valence electrons. The Labute approximate surface area is 180 Å². The largest absolute Gasteiger partial charge is 0.493 e. The van der Waals surface area contributed by atoms with Gasteiger partial charge in [-0.3, -0.25) is 14.0 Å². The Morgan fingerprint density at radius 3 is 2.29 bits per heavy atom. The van der Waals surface area contributed by atoms with Gasteiger partial charge in [-0.15, -0.1) is 0 Å². The van der Waals surface area contributed by atoms with Crippen molar-refractivity contribution in [3.05, 3.63) is 29.5 Å². The minimum Gasteiger partial charge on any atom is -0.493 e. The van der Waals surface area contributed by atoms with Gasteiger partial charge in [0.2, 0.25) is 5.16 Å². The number of halogens is 2. The van der Waals surface area contributed by atoms with Crippen LogP contribution in [0.2, 0.25) is 0 Å². The molecule has 1 saturated carbocycles. The van der Waals surface area contributed by atoms with Crippen LogP contribution in [0.15, 0.2) is 17.4 Å². The van der Waals surface area contributed by atoms with E-state index in [1.165, 1.54) is 31.6 Å². The zero-order valence-corrected chi connectivity index (χ0v) is 18.2. The molecule has 31 heavy (non-hydrogen) atoms. The topological polar surface area (TPSA) is 84.9 Å². The van der Waals surface area contributed by atoms with Crippen LogP contribution in [0.3, 0.4) is 0 Å². The zero-order chi connectivity index (χ0) is 22.3. The van der Waals surface area contributed by atoms with Gasteiger partial charge in [-0.05, 0) is 12.8 Å². The standard InChI is InChI=1S/C20H22F2N4O4S/c1-29-13-8-14(30-2)16(22)17(15(13)21)25-10-11-9-23-19(31(3)28)24-18(11)26(20(25)27)12-6-4-5-7-12/h8-9,12H,4-7,10H2,1-3H3/t31-/m0/s1. The molecule has 0 bridgehead atoms. The third kappa shape index (κ3) is 3.60. The summed E-state index contributed by atoms with van der Waals surface area (Å²) >= 11 is 0. The Kier molecular flexibility index (Phi) is 5.78. The SMILES string of the molecule is COc1cc(OC)c(F)c(N2Cc3cnc([S@](C)=O)nc3N(C3CCCC3)C2=O)c1F. The molecule has 0 N–H and O–H groups in total. The smallest absolute Gasteiger partial charge is 0.330 e. The lowest BCUT2D eigenvalue weighted by Crippen LogP contribution is -2.52. The van der Waals surface area contributed by atoms with E-state index in [0.717, 1.165) is 36.6 Å². The molecule has 2 heterocycles. The Bertz CT molecular complexity index is 1030. The Morgan fingerprint density at radius 1 is 1.13 bits per heavy atom. The summed E-state index contributed by atoms with van der Waals surface area (Å²) in [5.74, 6) is -2.16. The van der Waals surface area contributed by atoms with Crippen LogP contribution < -0.4 is 19.3 Å². The number of nitrogens with zero attached hydrogens (tertiary/aromatic N) is 4. The molecule has 2 aliphatic rings. The van der Waals surface area contributed by atoms with Gasteiger partial charge < -0.3 is 9.47 Å². The minimum atomic E-state index is -1.44. The molecule has 11 heteroatoms. The lowest BCUT2D eigenvalue weighted by molar-refractivity contribution is 0.246. The van der Waals surface area contributed by atoms with Crippen molar-refractivity contribution in [3.8, 4) is 11.5 Å². The van der Waals surface area contributed by atoms with Crippen LogP contribution in [0.4, 0.5) is 25.1 Å². The molecule has 0 spiro atoms. The van der Waals surface area contributed by atoms with Crippen LogP contribution in [-0.4, -0.2) is 46.7 Å². The van der Waals surface area contributed by atoms with Crippen molar-refractivity contribution < 1.29 is 27.3 Å². The number of aromatic nitrogens is 2. The van der Waals surface area contributed by atoms with Gasteiger partial charge >= 0.3 is 6.03 Å². The van der Waals surface area contributed by atoms with Gasteiger partial charge in [-0.1, -0.05) is 12.8 Å². The number of ether oxygens (including phenoxy) is 2. The molecular weight excluding hydrogens is 430 g/mol. The highest BCUT2D eigenvalue weighted by molar-refractivity contribution is 7.84. The number of urea groups is 1. The van der Waals surface area contributed by atoms with Crippen LogP contribution in [0.1, 0.15) is 31.2 Å². The van der Waals surface area contributed by atoms with Crippen LogP contribution in [-0.2, 0) is 17.3 Å². The third-order valence-electron chi connectivity index (χ3n) is 5.58. The first kappa shape index (κ1) is 21.4. The number of hydrogen-bond acceptors (Lipinski definition) is 6. The highest BCUT2D eigenvalue weighted by Gasteiger charge is 2.41. The van der Waals surface area contributed by atoms with E-state index in [9.17, 15) is 9.00 Å². The summed E-state index contributed by atoms with van der Waals surface area (Å²) in [6, 6.07) is 0.303. The molecule has 1 aliphatic carbocycles. The number of rotatable bonds is 5. The highest BCUT2D eigenvalue weighted by atomic mass is 32.2. The number of fused-ring (bicyclic) bond motifs is 1. The fourth-order valence-corrected chi connectivity index (χ4v) is 4.49. The molecule has 2 amide bonds. The second-order valence-electron chi connectivity index (χ2n) is 7.39. The summed E-state index contributed by atoms with van der Waals surface area (Å²) in [4.78, 5) is 24.5. The predicted octanol–water partition coefficient (Wildman–Crippen LogP) is 3.40. The van der Waals surface area contributed by atoms with E-state index in [0.29, 0.717) is 11.4 Å². The van der Waals surface area contributed by atoms with Gasteiger partial charge in [0.15, 0.2) is 23.1 Å². The summed E-state index contributed by atoms with van der Waals surface area (Å²) in [5, 5.41) is 0.100. The lowest BCUT2D eigenvalue weighted by Gasteiger charge is -2.39. The average Bonchev–Trinajstić information content (AvgIpc) is 3.28. The van der Waals surface area contributed by atoms with E-state index in [-0.39, 0.29) is 29.2 Å². The maximum absolute atomic E-state index is 15.2. The zero-order valence-electron chi connectivity index (χ0n) is 17.4. The minimum absolute atomic E-state index is 0.100. The van der Waals surface area contributed by atoms with Gasteiger partial charge in [0.05, 0.1) is 31.6 Å². The number of benzene rings is 1. The highest BCUT2D eigenvalue weighted by Crippen LogP contribution is 2.42. The number of amides is 2. The van der Waals surface area contributed by atoms with Gasteiger partial charge in [0.1, 0.15) is 11.5 Å². The van der Waals surface area contributed by atoms with Crippen LogP contribution in [0.25, 0.3) is 0 Å². The molecule has 0 saturated heterocycles. The van der Waals surface area contributed by atoms with Crippen molar-refractivity contribution in [1.82, 2.24) is 9.97 Å². The molecule has 0 unspecified atom stereocenters. The fraction of sp³-hybridized carbons (Fsp3) is 0.450. The van der Waals surface area contributed by atoms with E-state index in [1.54, 1.807) is 0 Å². The molecule has 1 aliphatic heterocycles. The summed E-state index contributed by atoms with van der Waals surface area (Å²) < 4.78 is 52.2. The second kappa shape index (κ2) is 8.37. The average molecular weight is 452 g/mol. The van der Waals surface area contributed by atoms with E-state index in [4.69, 9.17) is 9.47 Å². The lowest BCUT2D eigenvalue weighted by atomic mass is 10.1. The quantitative estimate of drug-likeness (QED) is 0.647. The second-order valence-corrected chi connectivity index (χ2v) is 8.66. The molecule has 2 aromatic rings. The molecule has 1 atom stereocenters. The fourth-order valence-electron chi connectivity index (χ4n) is 4.08. The molecular formula is C20H22F2N4O4S. The Hall–Kier alpha value is -2.82. The van der Waals surface area contributed by atoms with E-state index in [1.807, 2.05) is 0 Å². The summed E-state index contributed by atoms with van der Waals surface area (Å²) in [5.41, 5.74) is -0.0562. The normalized spacial score (nSPS) is 17.6. The Balaban J connectivity index is 1.89. The van der Waals surface area contributed by atoms with Crippen LogP contribution >= 0.6 is 0 Å². The Morgan fingerprint density at radius 2 is 1.74 bits per heavy atom. The first-order chi connectivity index (χ1) is 14.9. The van der Waals surface area contributed by atoms with Crippen LogP contribution in [0.5, 0.6) is 11.5 Å². The maximum atomic E-state index is 15.2. The van der Waals surface area contributed by atoms with Gasteiger partial charge in [-0.25, -0.2) is 23.5 Å². The van der Waals surface area contributed by atoms with Crippen molar-refractivity contribution in [2.75, 3.05) is 30.3 Å². The van der Waals surface area contributed by atoms with Crippen molar-refractivity contribution in [2.45, 2.75) is 43.4 Å². The van der Waals surface area contributed by atoms with Gasteiger partial charge in [0, 0.05) is 30.1 Å². The molecule has 4 rings (SSSR count). The van der Waals surface area contributed by atoms with E-state index >= 15 is 8.78 Å². The van der Waals surface area contributed by atoms with E-state index < -0.39 is 34.2 Å². The summed E-state index contributed by atoms with van der Waals surface area (Å²) in [6.45, 7) is -0.155.